The Bertz CT molecular complexity index is 3120. The minimum absolute atomic E-state index is 0.150. The van der Waals surface area contributed by atoms with Gasteiger partial charge in [0.1, 0.15) is 6.17 Å². The smallest absolute Gasteiger partial charge is 0.131 e. The van der Waals surface area contributed by atoms with Crippen LogP contribution in [0.3, 0.4) is 0 Å². The molecular formula is C60H44N2. The second-order valence-corrected chi connectivity index (χ2v) is 16.8. The van der Waals surface area contributed by atoms with Gasteiger partial charge in [0.25, 0.3) is 0 Å². The molecule has 3 atom stereocenters. The largest absolute Gasteiger partial charge is 0.361 e. The Balaban J connectivity index is 1.01. The van der Waals surface area contributed by atoms with E-state index in [-0.39, 0.29) is 23.9 Å². The summed E-state index contributed by atoms with van der Waals surface area (Å²) in [5.74, 6) is 0.492. The van der Waals surface area contributed by atoms with E-state index in [2.05, 4.69) is 247 Å². The Morgan fingerprint density at radius 2 is 0.952 bits per heavy atom. The maximum absolute atomic E-state index is 4.20. The molecule has 3 unspecified atom stereocenters. The minimum Gasteiger partial charge on any atom is -0.361 e. The summed E-state index contributed by atoms with van der Waals surface area (Å²) >= 11 is 0. The fourth-order valence-corrected chi connectivity index (χ4v) is 10.6. The van der Waals surface area contributed by atoms with Gasteiger partial charge >= 0.3 is 0 Å². The number of fused-ring (bicyclic) bond motifs is 5. The van der Waals surface area contributed by atoms with Gasteiger partial charge in [0.15, 0.2) is 0 Å². The molecule has 2 nitrogen and oxygen atoms in total. The number of rotatable bonds is 8. The summed E-state index contributed by atoms with van der Waals surface area (Å²) in [6, 6.07) is 73.8. The van der Waals surface area contributed by atoms with Crippen LogP contribution in [0.1, 0.15) is 79.6 Å². The molecule has 2 heteroatoms. The van der Waals surface area contributed by atoms with Crippen LogP contribution in [0.25, 0.3) is 34.4 Å². The van der Waals surface area contributed by atoms with Crippen molar-refractivity contribution in [1.82, 2.24) is 0 Å². The molecule has 0 aromatic heterocycles. The molecule has 12 rings (SSSR count). The van der Waals surface area contributed by atoms with E-state index in [1.807, 2.05) is 0 Å². The zero-order chi connectivity index (χ0) is 41.0. The summed E-state index contributed by atoms with van der Waals surface area (Å²) in [7, 11) is 0. The molecule has 0 bridgehead atoms. The van der Waals surface area contributed by atoms with Gasteiger partial charge in [-0.05, 0) is 109 Å². The molecule has 0 saturated carbocycles. The summed E-state index contributed by atoms with van der Waals surface area (Å²) < 4.78 is 0. The van der Waals surface area contributed by atoms with E-state index in [4.69, 9.17) is 0 Å². The van der Waals surface area contributed by atoms with Crippen molar-refractivity contribution < 1.29 is 0 Å². The highest BCUT2D eigenvalue weighted by molar-refractivity contribution is 5.97. The first-order valence-electron chi connectivity index (χ1n) is 21.8. The molecule has 1 N–H and O–H groups in total. The Labute approximate surface area is 364 Å². The van der Waals surface area contributed by atoms with E-state index >= 15 is 0 Å². The highest BCUT2D eigenvalue weighted by Crippen LogP contribution is 2.53. The third-order valence-corrected chi connectivity index (χ3v) is 13.3. The van der Waals surface area contributed by atoms with E-state index in [1.54, 1.807) is 0 Å². The third kappa shape index (κ3) is 6.10. The number of nitrogens with zero attached hydrogens (tertiary/aromatic N) is 1. The van der Waals surface area contributed by atoms with Gasteiger partial charge in [0, 0.05) is 40.3 Å². The van der Waals surface area contributed by atoms with Crippen molar-refractivity contribution in [3.05, 3.63) is 280 Å². The lowest BCUT2D eigenvalue weighted by Gasteiger charge is -2.42. The number of allylic oxidation sites excluding steroid dienone is 6. The van der Waals surface area contributed by atoms with Crippen molar-refractivity contribution in [2.45, 2.75) is 23.9 Å². The first-order valence-corrected chi connectivity index (χ1v) is 21.8. The van der Waals surface area contributed by atoms with Crippen LogP contribution in [-0.4, -0.2) is 0 Å². The molecule has 0 radical (unpaired) electrons. The topological polar surface area (TPSA) is 15.3 Å². The summed E-state index contributed by atoms with van der Waals surface area (Å²) in [6.07, 6.45) is 13.6. The van der Waals surface area contributed by atoms with Gasteiger partial charge in [-0.2, -0.15) is 0 Å². The average Bonchev–Trinajstić information content (AvgIpc) is 4.11. The third-order valence-electron chi connectivity index (χ3n) is 13.3. The van der Waals surface area contributed by atoms with Crippen LogP contribution in [0.2, 0.25) is 0 Å². The van der Waals surface area contributed by atoms with Crippen molar-refractivity contribution in [1.29, 1.82) is 0 Å². The quantitative estimate of drug-likeness (QED) is 0.165. The normalized spacial score (nSPS) is 18.1. The molecule has 0 saturated heterocycles. The maximum Gasteiger partial charge on any atom is 0.131 e. The zero-order valence-electron chi connectivity index (χ0n) is 34.3. The Kier molecular flexibility index (Phi) is 8.81. The predicted octanol–water partition coefficient (Wildman–Crippen LogP) is 15.2. The van der Waals surface area contributed by atoms with Crippen LogP contribution in [0, 0.1) is 0 Å². The molecule has 0 spiro atoms. The molecule has 4 aliphatic rings. The van der Waals surface area contributed by atoms with Gasteiger partial charge in [0.2, 0.25) is 0 Å². The summed E-state index contributed by atoms with van der Waals surface area (Å²) in [5, 5.41) is 4.20. The SMILES string of the molecule is C1=CC(c2cccc3c2C(Nc2cccc(C4=Cc5ccccc5C4c4ccccc4)c2)N(c2cccc(C4=Cc5ccccc5C4c4ccccc4)c2)c2ccccc2-3)C=C1. The van der Waals surface area contributed by atoms with Gasteiger partial charge in [-0.15, -0.1) is 0 Å². The fourth-order valence-electron chi connectivity index (χ4n) is 10.6. The van der Waals surface area contributed by atoms with Crippen molar-refractivity contribution in [2.24, 2.45) is 0 Å². The van der Waals surface area contributed by atoms with Gasteiger partial charge in [-0.1, -0.05) is 194 Å². The lowest BCUT2D eigenvalue weighted by molar-refractivity contribution is 0.766. The molecule has 1 heterocycles. The highest BCUT2D eigenvalue weighted by atomic mass is 15.3. The van der Waals surface area contributed by atoms with Crippen molar-refractivity contribution >= 4 is 40.4 Å². The molecule has 294 valence electrons. The van der Waals surface area contributed by atoms with Crippen LogP contribution in [-0.2, 0) is 0 Å². The number of hydrogen-bond acceptors (Lipinski definition) is 2. The van der Waals surface area contributed by atoms with Crippen molar-refractivity contribution in [2.75, 3.05) is 10.2 Å². The van der Waals surface area contributed by atoms with Crippen molar-refractivity contribution in [3.63, 3.8) is 0 Å². The Morgan fingerprint density at radius 3 is 1.63 bits per heavy atom. The van der Waals surface area contributed by atoms with Gasteiger partial charge in [0.05, 0.1) is 5.69 Å². The van der Waals surface area contributed by atoms with E-state index in [9.17, 15) is 0 Å². The molecule has 8 aromatic carbocycles. The van der Waals surface area contributed by atoms with E-state index in [1.165, 1.54) is 83.6 Å². The molecule has 3 aliphatic carbocycles. The second-order valence-electron chi connectivity index (χ2n) is 16.8. The number of anilines is 3. The van der Waals surface area contributed by atoms with Crippen LogP contribution >= 0.6 is 0 Å². The molecular weight excluding hydrogens is 749 g/mol. The molecule has 0 amide bonds. The molecule has 62 heavy (non-hydrogen) atoms. The Morgan fingerprint density at radius 1 is 0.419 bits per heavy atom. The van der Waals surface area contributed by atoms with E-state index in [0.717, 1.165) is 11.4 Å². The molecule has 8 aromatic rings. The van der Waals surface area contributed by atoms with E-state index < -0.39 is 0 Å². The summed E-state index contributed by atoms with van der Waals surface area (Å²) in [5.41, 5.74) is 21.5. The van der Waals surface area contributed by atoms with Crippen LogP contribution < -0.4 is 10.2 Å². The van der Waals surface area contributed by atoms with Crippen molar-refractivity contribution in [3.8, 4) is 11.1 Å². The average molecular weight is 793 g/mol. The van der Waals surface area contributed by atoms with Gasteiger partial charge in [-0.25, -0.2) is 0 Å². The predicted molar refractivity (Wildman–Crippen MR) is 259 cm³/mol. The maximum atomic E-state index is 4.20. The second kappa shape index (κ2) is 15.1. The number of para-hydroxylation sites is 1. The first-order chi connectivity index (χ1) is 30.8. The minimum atomic E-state index is -0.219. The number of benzene rings is 8. The number of hydrogen-bond donors (Lipinski definition) is 1. The highest BCUT2D eigenvalue weighted by Gasteiger charge is 2.36. The summed E-state index contributed by atoms with van der Waals surface area (Å²) in [6.45, 7) is 0. The fraction of sp³-hybridized carbons (Fsp3) is 0.0667. The molecule has 0 fully saturated rings. The number of nitrogens with one attached hydrogen (secondary N) is 1. The molecule has 1 aliphatic heterocycles. The Hall–Kier alpha value is -7.68. The summed E-state index contributed by atoms with van der Waals surface area (Å²) in [4.78, 5) is 2.55. The van der Waals surface area contributed by atoms with Crippen LogP contribution in [0.15, 0.2) is 224 Å². The van der Waals surface area contributed by atoms with Crippen LogP contribution in [0.5, 0.6) is 0 Å². The zero-order valence-corrected chi connectivity index (χ0v) is 34.3. The van der Waals surface area contributed by atoms with Gasteiger partial charge < -0.3 is 10.2 Å². The van der Waals surface area contributed by atoms with Crippen LogP contribution in [0.4, 0.5) is 17.1 Å². The standard InChI is InChI=1S/C60H44N2/c1-3-20-41(21-4-1)57-50-30-11-9-24-45(50)38-54(57)43-26-15-28-47(36-43)61-60-59-49(40-18-7-8-19-40)33-17-34-53(59)52-32-13-14-35-56(52)62(60)48-29-16-27-44(37-48)55-39-46-25-10-12-31-51(46)58(55)42-22-5-2-6-23-42/h1-40,57-58,60-61H. The van der Waals surface area contributed by atoms with Gasteiger partial charge in [-0.3, -0.25) is 0 Å². The first kappa shape index (κ1) is 36.2. The lowest BCUT2D eigenvalue weighted by atomic mass is 9.83. The lowest BCUT2D eigenvalue weighted by Crippen LogP contribution is -2.34. The van der Waals surface area contributed by atoms with E-state index in [0.29, 0.717) is 0 Å². The monoisotopic (exact) mass is 792 g/mol.